The van der Waals surface area contributed by atoms with E-state index in [-0.39, 0.29) is 0 Å². The first-order valence-corrected chi connectivity index (χ1v) is 17.6. The van der Waals surface area contributed by atoms with Crippen LogP contribution in [0.1, 0.15) is 0 Å². The lowest BCUT2D eigenvalue weighted by atomic mass is 9.95. The third-order valence-corrected chi connectivity index (χ3v) is 10.3. The Morgan fingerprint density at radius 2 is 0.518 bits per heavy atom. The Hall–Kier alpha value is -1.04. The molecule has 25 atom stereocenters. The van der Waals surface area contributed by atoms with Crippen molar-refractivity contribution in [1.82, 2.24) is 0 Å². The van der Waals surface area contributed by atoms with E-state index in [0.29, 0.717) is 0 Å². The molecule has 26 nitrogen and oxygen atoms in total. The average molecular weight is 829 g/mol. The van der Waals surface area contributed by atoms with Gasteiger partial charge >= 0.3 is 0 Å². The smallest absolute Gasteiger partial charge is 0.187 e. The fourth-order valence-corrected chi connectivity index (χ4v) is 7.01. The number of hydrogen-bond donors (Lipinski definition) is 17. The van der Waals surface area contributed by atoms with Gasteiger partial charge in [0.15, 0.2) is 31.5 Å². The lowest BCUT2D eigenvalue weighted by Gasteiger charge is -2.49. The second-order valence-electron chi connectivity index (χ2n) is 13.9. The minimum Gasteiger partial charge on any atom is -0.394 e. The molecule has 5 rings (SSSR count). The van der Waals surface area contributed by atoms with Gasteiger partial charge in [-0.2, -0.15) is 0 Å². The Bertz CT molecular complexity index is 1210. The zero-order valence-electron chi connectivity index (χ0n) is 29.2. The van der Waals surface area contributed by atoms with Gasteiger partial charge in [-0.15, -0.1) is 0 Å². The molecule has 5 aliphatic heterocycles. The van der Waals surface area contributed by atoms with Gasteiger partial charge < -0.3 is 129 Å². The monoisotopic (exact) mass is 828 g/mol. The number of hydrogen-bond acceptors (Lipinski definition) is 26. The molecule has 17 N–H and O–H groups in total. The molecule has 328 valence electrons. The van der Waals surface area contributed by atoms with Gasteiger partial charge in [-0.1, -0.05) is 0 Å². The van der Waals surface area contributed by atoms with E-state index in [2.05, 4.69) is 0 Å². The van der Waals surface area contributed by atoms with Crippen molar-refractivity contribution in [3.63, 3.8) is 0 Å². The van der Waals surface area contributed by atoms with Crippen LogP contribution in [-0.4, -0.2) is 273 Å². The molecule has 10 unspecified atom stereocenters. The largest absolute Gasteiger partial charge is 0.394 e. The van der Waals surface area contributed by atoms with E-state index in [4.69, 9.17) is 42.6 Å². The van der Waals surface area contributed by atoms with Gasteiger partial charge in [0.25, 0.3) is 0 Å². The summed E-state index contributed by atoms with van der Waals surface area (Å²) in [5.41, 5.74) is 0. The molecule has 5 saturated heterocycles. The molecule has 0 saturated carbocycles. The van der Waals surface area contributed by atoms with Gasteiger partial charge in [-0.25, -0.2) is 0 Å². The number of aliphatic hydroxyl groups excluding tert-OH is 17. The molecule has 26 heteroatoms. The molecular formula is C30H52O26. The molecule has 0 aromatic carbocycles. The van der Waals surface area contributed by atoms with Crippen molar-refractivity contribution in [3.8, 4) is 0 Å². The van der Waals surface area contributed by atoms with E-state index >= 15 is 0 Å². The molecule has 5 aliphatic rings. The maximum atomic E-state index is 11.4. The van der Waals surface area contributed by atoms with Crippen molar-refractivity contribution < 1.29 is 129 Å². The molecule has 0 aromatic rings. The van der Waals surface area contributed by atoms with Crippen LogP contribution in [0.5, 0.6) is 0 Å². The molecule has 0 radical (unpaired) electrons. The van der Waals surface area contributed by atoms with E-state index in [1.165, 1.54) is 0 Å². The molecule has 5 heterocycles. The van der Waals surface area contributed by atoms with Crippen LogP contribution in [0.15, 0.2) is 0 Å². The molecular weight excluding hydrogens is 776 g/mol. The van der Waals surface area contributed by atoms with Gasteiger partial charge in [-0.05, 0) is 0 Å². The van der Waals surface area contributed by atoms with E-state index in [9.17, 15) is 86.8 Å². The molecule has 56 heavy (non-hydrogen) atoms. The molecule has 0 aromatic heterocycles. The molecule has 5 fully saturated rings. The van der Waals surface area contributed by atoms with Crippen LogP contribution < -0.4 is 0 Å². The topological polar surface area (TPSA) is 427 Å². The van der Waals surface area contributed by atoms with Crippen LogP contribution in [0.4, 0.5) is 0 Å². The van der Waals surface area contributed by atoms with Crippen molar-refractivity contribution >= 4 is 0 Å². The summed E-state index contributed by atoms with van der Waals surface area (Å²) < 4.78 is 48.9. The normalized spacial score (nSPS) is 53.2. The first kappa shape index (κ1) is 46.0. The second kappa shape index (κ2) is 19.6. The van der Waals surface area contributed by atoms with Crippen molar-refractivity contribution in [3.05, 3.63) is 0 Å². The van der Waals surface area contributed by atoms with E-state index in [1.54, 1.807) is 0 Å². The molecule has 0 aliphatic carbocycles. The minimum absolute atomic E-state index is 0.837. The zero-order valence-corrected chi connectivity index (χ0v) is 29.2. The van der Waals surface area contributed by atoms with Crippen molar-refractivity contribution in [2.24, 2.45) is 0 Å². The third-order valence-electron chi connectivity index (χ3n) is 10.3. The van der Waals surface area contributed by atoms with Gasteiger partial charge in [0.2, 0.25) is 0 Å². The first-order chi connectivity index (χ1) is 26.5. The molecule has 0 bridgehead atoms. The van der Waals surface area contributed by atoms with E-state index in [0.717, 1.165) is 0 Å². The van der Waals surface area contributed by atoms with Gasteiger partial charge in [0.05, 0.1) is 33.0 Å². The summed E-state index contributed by atoms with van der Waals surface area (Å²) in [5.74, 6) is 0. The van der Waals surface area contributed by atoms with Gasteiger partial charge in [-0.3, -0.25) is 0 Å². The number of ether oxygens (including phenoxy) is 9. The maximum Gasteiger partial charge on any atom is 0.187 e. The number of rotatable bonds is 13. The maximum absolute atomic E-state index is 11.4. The highest BCUT2D eigenvalue weighted by molar-refractivity contribution is 4.99. The summed E-state index contributed by atoms with van der Waals surface area (Å²) in [6, 6.07) is 0. The van der Waals surface area contributed by atoms with E-state index in [1.807, 2.05) is 0 Å². The predicted molar refractivity (Wildman–Crippen MR) is 167 cm³/mol. The summed E-state index contributed by atoms with van der Waals surface area (Å²) in [6.07, 6.45) is -47.2. The molecule has 0 spiro atoms. The van der Waals surface area contributed by atoms with Gasteiger partial charge in [0, 0.05) is 0 Å². The Labute approximate surface area is 316 Å². The third kappa shape index (κ3) is 9.16. The summed E-state index contributed by atoms with van der Waals surface area (Å²) in [5, 5.41) is 177. The zero-order chi connectivity index (χ0) is 41.3. The van der Waals surface area contributed by atoms with Crippen LogP contribution in [0.2, 0.25) is 0 Å². The lowest BCUT2D eigenvalue weighted by Crippen LogP contribution is -2.68. The van der Waals surface area contributed by atoms with Crippen LogP contribution >= 0.6 is 0 Å². The standard InChI is InChI=1S/C30H52O26/c31-1-6-11(36)16(41)17(42)27(49-6)54-23-13(38)8(3-33)51-29(19(23)44)56-25-15(40)10(5-35)52-30(21(25)46)55-24-14(39)9(4-34)50-28(20(24)45)53-22-12(37)7(2-32)48-26(47)18(22)43/h6-47H,1-5H2/t6?,7?,8?,9?,10?,11-,12+,13+,14+,15+,16-,17?,18?,19?,20?,21?,22-,23-,24-,25-,26+,27+,28-,29-,30-/m1/s1. The summed E-state index contributed by atoms with van der Waals surface area (Å²) in [4.78, 5) is 0. The van der Waals surface area contributed by atoms with Crippen molar-refractivity contribution in [2.75, 3.05) is 33.0 Å². The Morgan fingerprint density at radius 1 is 0.268 bits per heavy atom. The van der Waals surface area contributed by atoms with E-state index < -0.39 is 187 Å². The highest BCUT2D eigenvalue weighted by Crippen LogP contribution is 2.35. The summed E-state index contributed by atoms with van der Waals surface area (Å²) in [6.45, 7) is -4.58. The SMILES string of the molecule is OCC1O[C@@H](O[C@H]2C(O)[C@@H](O[C@H]3C(O)[C@@H](O[C@H]4C(O)[C@@H](O[C@H]5C(O)[C@@H](O)OC(CO)[C@@H]5O)OC(CO)[C@@H]4O)OC(CO)[C@@H]3O)OC(CO)[C@@H]2O)C(O)[C@H](O)[C@@H]1O. The Balaban J connectivity index is 1.34. The highest BCUT2D eigenvalue weighted by atomic mass is 16.8. The Kier molecular flexibility index (Phi) is 16.1. The minimum atomic E-state index is -2.18. The quantitative estimate of drug-likeness (QED) is 0.0819. The fourth-order valence-electron chi connectivity index (χ4n) is 7.01. The summed E-state index contributed by atoms with van der Waals surface area (Å²) >= 11 is 0. The second-order valence-corrected chi connectivity index (χ2v) is 13.9. The van der Waals surface area contributed by atoms with Crippen LogP contribution in [0.3, 0.4) is 0 Å². The van der Waals surface area contributed by atoms with Crippen LogP contribution in [0, 0.1) is 0 Å². The predicted octanol–water partition coefficient (Wildman–Crippen LogP) is -11.9. The first-order valence-electron chi connectivity index (χ1n) is 17.6. The van der Waals surface area contributed by atoms with Crippen LogP contribution in [0.25, 0.3) is 0 Å². The fraction of sp³-hybridized carbons (Fsp3) is 1.00. The lowest BCUT2D eigenvalue weighted by molar-refractivity contribution is -0.395. The van der Waals surface area contributed by atoms with Crippen LogP contribution in [-0.2, 0) is 42.6 Å². The average Bonchev–Trinajstić information content (AvgIpc) is 3.18. The van der Waals surface area contributed by atoms with Gasteiger partial charge in [0.1, 0.15) is 122 Å². The van der Waals surface area contributed by atoms with Crippen molar-refractivity contribution in [2.45, 2.75) is 154 Å². The number of aliphatic hydroxyl groups is 17. The van der Waals surface area contributed by atoms with Crippen molar-refractivity contribution in [1.29, 1.82) is 0 Å². The Morgan fingerprint density at radius 3 is 0.821 bits per heavy atom. The highest BCUT2D eigenvalue weighted by Gasteiger charge is 2.56. The summed E-state index contributed by atoms with van der Waals surface area (Å²) in [7, 11) is 0. The molecule has 0 amide bonds.